The Morgan fingerprint density at radius 3 is 1.96 bits per heavy atom. The molecule has 0 aromatic heterocycles. The van der Waals surface area contributed by atoms with E-state index in [9.17, 15) is 57.5 Å². The van der Waals surface area contributed by atoms with E-state index in [2.05, 4.69) is 0 Å². The molecule has 0 bridgehead atoms. The molecule has 1 heterocycles. The zero-order valence-electron chi connectivity index (χ0n) is 22.9. The predicted molar refractivity (Wildman–Crippen MR) is 146 cm³/mol. The highest BCUT2D eigenvalue weighted by molar-refractivity contribution is 7.92. The number of rotatable bonds is 9. The summed E-state index contributed by atoms with van der Waals surface area (Å²) in [5, 5.41) is 14.9. The summed E-state index contributed by atoms with van der Waals surface area (Å²) in [6, 6.07) is 9.24. The number of Topliss-reactive ketones (excluding diaryl/α,β-unsaturated/α-hetero) is 1. The van der Waals surface area contributed by atoms with E-state index >= 15 is 0 Å². The number of sulfonamides is 2. The lowest BCUT2D eigenvalue weighted by Crippen LogP contribution is -2.54. The minimum atomic E-state index is -6.16. The van der Waals surface area contributed by atoms with Crippen LogP contribution in [-0.4, -0.2) is 46.1 Å². The van der Waals surface area contributed by atoms with Crippen molar-refractivity contribution in [2.45, 2.75) is 65.9 Å². The van der Waals surface area contributed by atoms with Crippen LogP contribution in [0.4, 0.5) is 36.4 Å². The minimum Gasteiger partial charge on any atom is -0.369 e. The van der Waals surface area contributed by atoms with Crippen LogP contribution in [0.5, 0.6) is 0 Å². The highest BCUT2D eigenvalue weighted by atomic mass is 32.2. The van der Waals surface area contributed by atoms with E-state index in [0.717, 1.165) is 28.6 Å². The maximum absolute atomic E-state index is 13.8. The summed E-state index contributed by atoms with van der Waals surface area (Å²) in [7, 11) is -8.58. The summed E-state index contributed by atoms with van der Waals surface area (Å²) in [4.78, 5) is 12.4. The first-order valence-electron chi connectivity index (χ1n) is 13.1. The molecule has 8 nitrogen and oxygen atoms in total. The Morgan fingerprint density at radius 1 is 0.867 bits per heavy atom. The monoisotopic (exact) mass is 682 g/mol. The topological polar surface area (TPSA) is 135 Å². The lowest BCUT2D eigenvalue weighted by Gasteiger charge is -2.39. The van der Waals surface area contributed by atoms with Crippen molar-refractivity contribution in [3.05, 3.63) is 89.2 Å². The number of aliphatic hydroxyl groups is 1. The molecule has 3 N–H and O–H groups in total. The average Bonchev–Trinajstić information content (AvgIpc) is 2.94. The van der Waals surface area contributed by atoms with Crippen molar-refractivity contribution in [3.8, 4) is 0 Å². The number of hydrogen-bond acceptors (Lipinski definition) is 6. The second-order valence-electron chi connectivity index (χ2n) is 10.4. The minimum absolute atomic E-state index is 0.119. The molecule has 1 atom stereocenters. The van der Waals surface area contributed by atoms with Crippen LogP contribution in [0.3, 0.4) is 0 Å². The molecule has 4 rings (SSSR count). The van der Waals surface area contributed by atoms with Crippen LogP contribution in [0, 0.1) is 5.82 Å². The van der Waals surface area contributed by atoms with E-state index in [1.165, 1.54) is 24.3 Å². The molecule has 17 heteroatoms. The summed E-state index contributed by atoms with van der Waals surface area (Å²) in [5.74, 6) is -1.22. The van der Waals surface area contributed by atoms with Gasteiger partial charge in [0.2, 0.25) is 10.0 Å². The lowest BCUT2D eigenvalue weighted by molar-refractivity contribution is -0.376. The van der Waals surface area contributed by atoms with Crippen molar-refractivity contribution in [3.63, 3.8) is 0 Å². The van der Waals surface area contributed by atoms with Crippen LogP contribution in [0.25, 0.3) is 0 Å². The maximum atomic E-state index is 13.8. The second-order valence-corrected chi connectivity index (χ2v) is 13.8. The number of hydrogen-bond donors (Lipinski definition) is 2. The molecule has 0 saturated heterocycles. The summed E-state index contributed by atoms with van der Waals surface area (Å²) >= 11 is 0. The third-order valence-electron chi connectivity index (χ3n) is 7.41. The highest BCUT2D eigenvalue weighted by Gasteiger charge is 2.71. The third kappa shape index (κ3) is 6.85. The van der Waals surface area contributed by atoms with E-state index < -0.39 is 72.5 Å². The molecule has 1 aliphatic heterocycles. The van der Waals surface area contributed by atoms with E-state index in [-0.39, 0.29) is 41.8 Å². The standard InChI is InChI=1S/C28H25F7N2O6S2/c29-20-6-12-24(13-7-20)45(42,43)37-21(16-22(38)9-1-17-2-10-23(11-3-17)44(36,40)41)8-4-18-15-19(5-14-25(18)37)26(39,27(30,31)32)28(33,34)35/h2-3,5-7,10-15,21,39H,1,4,8-9,16H2,(H2,36,40,41)/t21-/m0/s1. The van der Waals surface area contributed by atoms with Gasteiger partial charge in [0.25, 0.3) is 15.6 Å². The summed E-state index contributed by atoms with van der Waals surface area (Å²) in [6.45, 7) is 0. The molecule has 45 heavy (non-hydrogen) atoms. The zero-order chi connectivity index (χ0) is 33.6. The Balaban J connectivity index is 1.69. The molecule has 0 radical (unpaired) electrons. The number of benzene rings is 3. The van der Waals surface area contributed by atoms with Crippen molar-refractivity contribution in [2.75, 3.05) is 4.31 Å². The van der Waals surface area contributed by atoms with Gasteiger partial charge < -0.3 is 5.11 Å². The molecule has 1 aliphatic rings. The van der Waals surface area contributed by atoms with Gasteiger partial charge in [-0.25, -0.2) is 26.4 Å². The Kier molecular flexibility index (Phi) is 9.16. The van der Waals surface area contributed by atoms with E-state index in [4.69, 9.17) is 5.14 Å². The third-order valence-corrected chi connectivity index (χ3v) is 10.2. The smallest absolute Gasteiger partial charge is 0.369 e. The van der Waals surface area contributed by atoms with E-state index in [1.54, 1.807) is 0 Å². The number of primary sulfonamides is 1. The number of nitrogens with two attached hydrogens (primary N) is 1. The van der Waals surface area contributed by atoms with Gasteiger partial charge in [-0.15, -0.1) is 0 Å². The summed E-state index contributed by atoms with van der Waals surface area (Å²) < 4.78 is 146. The molecule has 0 fully saturated rings. The zero-order valence-corrected chi connectivity index (χ0v) is 24.6. The number of carbonyl (C=O) groups excluding carboxylic acids is 1. The second kappa shape index (κ2) is 12.0. The van der Waals surface area contributed by atoms with Gasteiger partial charge in [-0.1, -0.05) is 24.3 Å². The number of aryl methyl sites for hydroxylation is 2. The van der Waals surface area contributed by atoms with Gasteiger partial charge in [-0.2, -0.15) is 26.3 Å². The van der Waals surface area contributed by atoms with E-state index in [1.807, 2.05) is 0 Å². The van der Waals surface area contributed by atoms with Gasteiger partial charge in [-0.3, -0.25) is 9.10 Å². The molecule has 3 aromatic rings. The van der Waals surface area contributed by atoms with Gasteiger partial charge in [0, 0.05) is 18.4 Å². The van der Waals surface area contributed by atoms with Crippen LogP contribution in [0.15, 0.2) is 76.5 Å². The number of fused-ring (bicyclic) bond motifs is 1. The number of nitrogens with zero attached hydrogens (tertiary/aromatic N) is 1. The Hall–Kier alpha value is -3.54. The summed E-state index contributed by atoms with van der Waals surface area (Å²) in [5.41, 5.74) is -6.81. The molecular formula is C28H25F7N2O6S2. The van der Waals surface area contributed by atoms with Gasteiger partial charge in [-0.05, 0) is 72.9 Å². The number of carbonyl (C=O) groups is 1. The van der Waals surface area contributed by atoms with Crippen LogP contribution in [0.1, 0.15) is 36.0 Å². The van der Waals surface area contributed by atoms with Crippen molar-refractivity contribution in [2.24, 2.45) is 5.14 Å². The van der Waals surface area contributed by atoms with Crippen LogP contribution in [0.2, 0.25) is 0 Å². The maximum Gasteiger partial charge on any atom is 0.430 e. The fraction of sp³-hybridized carbons (Fsp3) is 0.321. The number of alkyl halides is 6. The van der Waals surface area contributed by atoms with Crippen LogP contribution >= 0.6 is 0 Å². The average molecular weight is 683 g/mol. The molecule has 0 saturated carbocycles. The molecule has 0 aliphatic carbocycles. The molecular weight excluding hydrogens is 657 g/mol. The van der Waals surface area contributed by atoms with Gasteiger partial charge in [0.1, 0.15) is 11.6 Å². The van der Waals surface area contributed by atoms with Gasteiger partial charge >= 0.3 is 12.4 Å². The van der Waals surface area contributed by atoms with Crippen LogP contribution in [-0.2, 0) is 43.3 Å². The predicted octanol–water partition coefficient (Wildman–Crippen LogP) is 4.89. The van der Waals surface area contributed by atoms with Crippen molar-refractivity contribution in [1.29, 1.82) is 0 Å². The van der Waals surface area contributed by atoms with Crippen molar-refractivity contribution >= 4 is 31.5 Å². The number of ketones is 1. The number of anilines is 1. The fourth-order valence-corrected chi connectivity index (χ4v) is 7.31. The first kappa shape index (κ1) is 34.3. The lowest BCUT2D eigenvalue weighted by atomic mass is 9.87. The number of halogens is 7. The first-order valence-corrected chi connectivity index (χ1v) is 16.1. The van der Waals surface area contributed by atoms with E-state index in [0.29, 0.717) is 23.8 Å². The van der Waals surface area contributed by atoms with Gasteiger partial charge in [0.05, 0.1) is 21.5 Å². The quantitative estimate of drug-likeness (QED) is 0.309. The largest absolute Gasteiger partial charge is 0.430 e. The highest BCUT2D eigenvalue weighted by Crippen LogP contribution is 2.51. The van der Waals surface area contributed by atoms with Gasteiger partial charge in [0.15, 0.2) is 0 Å². The molecule has 0 spiro atoms. The molecule has 0 unspecified atom stereocenters. The molecule has 3 aromatic carbocycles. The van der Waals surface area contributed by atoms with Crippen molar-refractivity contribution in [1.82, 2.24) is 0 Å². The SMILES string of the molecule is NS(=O)(=O)c1ccc(CCC(=O)C[C@@H]2CCc3cc(C(O)(C(F)(F)F)C(F)(F)F)ccc3N2S(=O)(=O)c2ccc(F)cc2)cc1. The normalized spacial score (nSPS) is 16.4. The molecule has 0 amide bonds. The Morgan fingerprint density at radius 2 is 1.42 bits per heavy atom. The van der Waals surface area contributed by atoms with Crippen LogP contribution < -0.4 is 9.44 Å². The molecule has 244 valence electrons. The summed E-state index contributed by atoms with van der Waals surface area (Å²) in [6.07, 6.45) is -13.1. The van der Waals surface area contributed by atoms with Crippen molar-refractivity contribution < 1.29 is 57.5 Å². The fourth-order valence-electron chi connectivity index (χ4n) is 5.08. The Bertz CT molecular complexity index is 1780. The Labute approximate surface area is 253 Å². The first-order chi connectivity index (χ1) is 20.7.